The minimum absolute atomic E-state index is 0.250. The van der Waals surface area contributed by atoms with Gasteiger partial charge >= 0.3 is 11.9 Å². The van der Waals surface area contributed by atoms with Crippen molar-refractivity contribution in [1.82, 2.24) is 9.61 Å². The smallest absolute Gasteiger partial charge is 0.343 e. The zero-order valence-electron chi connectivity index (χ0n) is 14.2. The van der Waals surface area contributed by atoms with E-state index in [-0.39, 0.29) is 18.4 Å². The Morgan fingerprint density at radius 3 is 2.62 bits per heavy atom. The summed E-state index contributed by atoms with van der Waals surface area (Å²) in [6, 6.07) is 3.93. The Kier molecular flexibility index (Phi) is 6.66. The van der Waals surface area contributed by atoms with Crippen LogP contribution in [0.4, 0.5) is 0 Å². The summed E-state index contributed by atoms with van der Waals surface area (Å²) in [6.07, 6.45) is 2.98. The normalized spacial score (nSPS) is 10.8. The molecule has 0 atom stereocenters. The number of aryl methyl sites for hydroxylation is 1. The van der Waals surface area contributed by atoms with Crippen LogP contribution in [0.3, 0.4) is 0 Å². The van der Waals surface area contributed by atoms with Crippen LogP contribution in [-0.4, -0.2) is 40.5 Å². The third-order valence-corrected chi connectivity index (χ3v) is 4.37. The van der Waals surface area contributed by atoms with Crippen molar-refractivity contribution in [3.63, 3.8) is 0 Å². The lowest BCUT2D eigenvalue weighted by atomic mass is 10.1. The van der Waals surface area contributed by atoms with Gasteiger partial charge in [-0.3, -0.25) is 4.79 Å². The Morgan fingerprint density at radius 1 is 1.21 bits per heavy atom. The predicted octanol–water partition coefficient (Wildman–Crippen LogP) is 3.12. The van der Waals surface area contributed by atoms with Crippen molar-refractivity contribution >= 4 is 29.2 Å². The summed E-state index contributed by atoms with van der Waals surface area (Å²) in [6.45, 7) is 6.27. The van der Waals surface area contributed by atoms with Crippen LogP contribution in [0.15, 0.2) is 23.4 Å². The standard InChI is InChI=1S/C17H22N2O4S/c1-4-12-7-9-19-13(11-12)15(17(21)23-6-3)16(18-19)24-10-8-14(20)22-5-2/h7,9,11H,4-6,8,10H2,1-3H3. The van der Waals surface area contributed by atoms with Crippen LogP contribution in [0.1, 0.15) is 43.1 Å². The van der Waals surface area contributed by atoms with Gasteiger partial charge < -0.3 is 9.47 Å². The molecule has 2 aromatic rings. The van der Waals surface area contributed by atoms with Crippen molar-refractivity contribution in [3.8, 4) is 0 Å². The first-order chi connectivity index (χ1) is 11.6. The van der Waals surface area contributed by atoms with Gasteiger partial charge in [0.1, 0.15) is 10.6 Å². The van der Waals surface area contributed by atoms with E-state index < -0.39 is 0 Å². The molecule has 2 aromatic heterocycles. The summed E-state index contributed by atoms with van der Waals surface area (Å²) in [4.78, 5) is 23.8. The minimum Gasteiger partial charge on any atom is -0.466 e. The van der Waals surface area contributed by atoms with Crippen LogP contribution in [0, 0.1) is 0 Å². The molecule has 0 unspecified atom stereocenters. The number of hydrogen-bond donors (Lipinski definition) is 0. The quantitative estimate of drug-likeness (QED) is 0.538. The number of rotatable bonds is 8. The first-order valence-electron chi connectivity index (χ1n) is 8.07. The fraction of sp³-hybridized carbons (Fsp3) is 0.471. The largest absolute Gasteiger partial charge is 0.466 e. The molecule has 0 saturated carbocycles. The third kappa shape index (κ3) is 4.29. The molecule has 0 N–H and O–H groups in total. The number of hydrogen-bond acceptors (Lipinski definition) is 6. The van der Waals surface area contributed by atoms with Crippen LogP contribution >= 0.6 is 11.8 Å². The number of esters is 2. The molecule has 0 spiro atoms. The van der Waals surface area contributed by atoms with Gasteiger partial charge in [-0.1, -0.05) is 6.92 Å². The molecule has 2 rings (SSSR count). The van der Waals surface area contributed by atoms with Crippen molar-refractivity contribution in [3.05, 3.63) is 29.5 Å². The fourth-order valence-corrected chi connectivity index (χ4v) is 3.19. The summed E-state index contributed by atoms with van der Waals surface area (Å²) < 4.78 is 11.8. The molecule has 7 heteroatoms. The average Bonchev–Trinajstić information content (AvgIpc) is 2.92. The first kappa shape index (κ1) is 18.3. The molecule has 0 amide bonds. The van der Waals surface area contributed by atoms with Crippen molar-refractivity contribution in [1.29, 1.82) is 0 Å². The molecule has 0 bridgehead atoms. The molecule has 130 valence electrons. The van der Waals surface area contributed by atoms with Crippen molar-refractivity contribution in [2.75, 3.05) is 19.0 Å². The van der Waals surface area contributed by atoms with E-state index in [1.165, 1.54) is 11.8 Å². The summed E-state index contributed by atoms with van der Waals surface area (Å²) in [7, 11) is 0. The molecule has 0 aromatic carbocycles. The number of aromatic nitrogens is 2. The Morgan fingerprint density at radius 2 is 1.96 bits per heavy atom. The van der Waals surface area contributed by atoms with Gasteiger partial charge in [0.2, 0.25) is 0 Å². The van der Waals surface area contributed by atoms with Crippen molar-refractivity contribution in [2.45, 2.75) is 38.6 Å². The molecular weight excluding hydrogens is 328 g/mol. The molecule has 0 aliphatic carbocycles. The van der Waals surface area contributed by atoms with Gasteiger partial charge in [0.15, 0.2) is 0 Å². The number of pyridine rings is 1. The Bertz CT molecular complexity index is 727. The second-order valence-corrected chi connectivity index (χ2v) is 6.11. The SMILES string of the molecule is CCOC(=O)CCSc1nn2ccc(CC)cc2c1C(=O)OCC. The first-order valence-corrected chi connectivity index (χ1v) is 9.06. The molecule has 24 heavy (non-hydrogen) atoms. The van der Waals surface area contributed by atoms with E-state index in [2.05, 4.69) is 12.0 Å². The lowest BCUT2D eigenvalue weighted by Gasteiger charge is -2.04. The maximum atomic E-state index is 12.4. The lowest BCUT2D eigenvalue weighted by Crippen LogP contribution is -2.07. The van der Waals surface area contributed by atoms with Gasteiger partial charge in [-0.25, -0.2) is 9.31 Å². The highest BCUT2D eigenvalue weighted by atomic mass is 32.2. The van der Waals surface area contributed by atoms with Gasteiger partial charge in [-0.05, 0) is 38.0 Å². The highest BCUT2D eigenvalue weighted by Gasteiger charge is 2.21. The van der Waals surface area contributed by atoms with E-state index in [9.17, 15) is 9.59 Å². The average molecular weight is 350 g/mol. The topological polar surface area (TPSA) is 69.9 Å². The van der Waals surface area contributed by atoms with E-state index in [0.29, 0.717) is 29.6 Å². The lowest BCUT2D eigenvalue weighted by molar-refractivity contribution is -0.142. The summed E-state index contributed by atoms with van der Waals surface area (Å²) in [5.74, 6) is -0.144. The number of fused-ring (bicyclic) bond motifs is 1. The molecule has 0 radical (unpaired) electrons. The van der Waals surface area contributed by atoms with Crippen LogP contribution in [0.5, 0.6) is 0 Å². The van der Waals surface area contributed by atoms with Gasteiger partial charge in [0.05, 0.1) is 25.2 Å². The van der Waals surface area contributed by atoms with Gasteiger partial charge in [-0.2, -0.15) is 5.10 Å². The fourth-order valence-electron chi connectivity index (χ4n) is 2.25. The molecule has 2 heterocycles. The second-order valence-electron chi connectivity index (χ2n) is 5.02. The van der Waals surface area contributed by atoms with Crippen molar-refractivity contribution in [2.24, 2.45) is 0 Å². The number of ether oxygens (including phenoxy) is 2. The van der Waals surface area contributed by atoms with Gasteiger partial charge in [0, 0.05) is 11.9 Å². The van der Waals surface area contributed by atoms with E-state index in [1.807, 2.05) is 18.3 Å². The molecule has 0 aliphatic rings. The Balaban J connectivity index is 2.28. The van der Waals surface area contributed by atoms with Crippen LogP contribution < -0.4 is 0 Å². The molecule has 6 nitrogen and oxygen atoms in total. The number of carbonyl (C=O) groups is 2. The monoisotopic (exact) mass is 350 g/mol. The molecule has 0 saturated heterocycles. The number of nitrogens with zero attached hydrogens (tertiary/aromatic N) is 2. The predicted molar refractivity (Wildman–Crippen MR) is 92.5 cm³/mol. The van der Waals surface area contributed by atoms with E-state index in [0.717, 1.165) is 17.5 Å². The third-order valence-electron chi connectivity index (χ3n) is 3.41. The summed E-state index contributed by atoms with van der Waals surface area (Å²) in [5.41, 5.74) is 2.31. The van der Waals surface area contributed by atoms with Crippen LogP contribution in [0.2, 0.25) is 0 Å². The molecule has 0 aliphatic heterocycles. The van der Waals surface area contributed by atoms with Crippen LogP contribution in [-0.2, 0) is 20.7 Å². The van der Waals surface area contributed by atoms with Crippen molar-refractivity contribution < 1.29 is 19.1 Å². The van der Waals surface area contributed by atoms with Gasteiger partial charge in [-0.15, -0.1) is 11.8 Å². The molecular formula is C17H22N2O4S. The van der Waals surface area contributed by atoms with E-state index >= 15 is 0 Å². The maximum absolute atomic E-state index is 12.4. The summed E-state index contributed by atoms with van der Waals surface area (Å²) in [5, 5.41) is 5.04. The Hall–Kier alpha value is -2.02. The van der Waals surface area contributed by atoms with E-state index in [1.54, 1.807) is 18.4 Å². The van der Waals surface area contributed by atoms with E-state index in [4.69, 9.17) is 9.47 Å². The number of carbonyl (C=O) groups excluding carboxylic acids is 2. The summed E-state index contributed by atoms with van der Waals surface area (Å²) >= 11 is 1.36. The van der Waals surface area contributed by atoms with Gasteiger partial charge in [0.25, 0.3) is 0 Å². The maximum Gasteiger partial charge on any atom is 0.343 e. The van der Waals surface area contributed by atoms with Crippen LogP contribution in [0.25, 0.3) is 5.52 Å². The Labute approximate surface area is 145 Å². The minimum atomic E-state index is -0.389. The second kappa shape index (κ2) is 8.73. The number of thioether (sulfide) groups is 1. The zero-order valence-corrected chi connectivity index (χ0v) is 15.0. The highest BCUT2D eigenvalue weighted by Crippen LogP contribution is 2.27. The zero-order chi connectivity index (χ0) is 17.5. The highest BCUT2D eigenvalue weighted by molar-refractivity contribution is 7.99. The molecule has 0 fully saturated rings.